The fourth-order valence-electron chi connectivity index (χ4n) is 1.94. The molecule has 0 radical (unpaired) electrons. The Balaban J connectivity index is 2.08. The minimum atomic E-state index is -0.676. The lowest BCUT2D eigenvalue weighted by molar-refractivity contribution is -0.120. The number of halogens is 2. The normalized spacial score (nSPS) is 11.8. The van der Waals surface area contributed by atoms with Crippen LogP contribution in [-0.2, 0) is 9.59 Å². The Labute approximate surface area is 136 Å². The molecule has 116 valence electrons. The van der Waals surface area contributed by atoms with Crippen LogP contribution in [0.5, 0.6) is 0 Å². The largest absolute Gasteiger partial charge is 0.348 e. The van der Waals surface area contributed by atoms with Gasteiger partial charge in [0.15, 0.2) is 5.82 Å². The molecule has 2 rings (SSSR count). The maximum absolute atomic E-state index is 13.8. The van der Waals surface area contributed by atoms with Crippen LogP contribution in [0.15, 0.2) is 35.7 Å². The van der Waals surface area contributed by atoms with Gasteiger partial charge in [-0.15, -0.1) is 11.3 Å². The first-order chi connectivity index (χ1) is 10.5. The Morgan fingerprint density at radius 1 is 1.32 bits per heavy atom. The van der Waals surface area contributed by atoms with Crippen molar-refractivity contribution in [3.05, 3.63) is 51.4 Å². The van der Waals surface area contributed by atoms with Crippen LogP contribution in [0.3, 0.4) is 0 Å². The van der Waals surface area contributed by atoms with E-state index in [-0.39, 0.29) is 23.0 Å². The van der Waals surface area contributed by atoms with Crippen LogP contribution in [0.2, 0.25) is 5.02 Å². The molecule has 0 fully saturated rings. The van der Waals surface area contributed by atoms with Gasteiger partial charge in [0.1, 0.15) is 0 Å². The highest BCUT2D eigenvalue weighted by atomic mass is 35.5. The lowest BCUT2D eigenvalue weighted by Gasteiger charge is -2.16. The molecule has 4 nitrogen and oxygen atoms in total. The average Bonchev–Trinajstić information content (AvgIpc) is 2.97. The fraction of sp³-hybridized carbons (Fsp3) is 0.200. The number of thiophene rings is 1. The molecule has 1 heterocycles. The van der Waals surface area contributed by atoms with Gasteiger partial charge in [-0.25, -0.2) is 4.39 Å². The Bertz CT molecular complexity index is 676. The summed E-state index contributed by atoms with van der Waals surface area (Å²) in [6, 6.07) is 7.60. The summed E-state index contributed by atoms with van der Waals surface area (Å²) in [5.41, 5.74) is 0.0188. The Kier molecular flexibility index (Phi) is 5.51. The zero-order valence-electron chi connectivity index (χ0n) is 11.7. The van der Waals surface area contributed by atoms with Crippen LogP contribution in [0.1, 0.15) is 24.3 Å². The number of rotatable bonds is 5. The minimum Gasteiger partial charge on any atom is -0.348 e. The molecule has 0 bridgehead atoms. The number of nitrogens with one attached hydrogen (secondary N) is 2. The zero-order chi connectivity index (χ0) is 16.1. The van der Waals surface area contributed by atoms with Gasteiger partial charge in [-0.2, -0.15) is 0 Å². The van der Waals surface area contributed by atoms with Gasteiger partial charge < -0.3 is 10.6 Å². The molecular weight excluding hydrogens is 327 g/mol. The van der Waals surface area contributed by atoms with Gasteiger partial charge in [0, 0.05) is 11.8 Å². The highest BCUT2D eigenvalue weighted by molar-refractivity contribution is 7.10. The summed E-state index contributed by atoms with van der Waals surface area (Å²) in [4.78, 5) is 24.2. The van der Waals surface area contributed by atoms with Crippen LogP contribution >= 0.6 is 22.9 Å². The van der Waals surface area contributed by atoms with E-state index in [0.29, 0.717) is 0 Å². The summed E-state index contributed by atoms with van der Waals surface area (Å²) >= 11 is 7.11. The van der Waals surface area contributed by atoms with Crippen LogP contribution < -0.4 is 10.6 Å². The quantitative estimate of drug-likeness (QED) is 0.871. The van der Waals surface area contributed by atoms with E-state index in [1.165, 1.54) is 30.4 Å². The molecule has 7 heteroatoms. The van der Waals surface area contributed by atoms with E-state index in [0.717, 1.165) is 4.88 Å². The van der Waals surface area contributed by atoms with Gasteiger partial charge in [-0.1, -0.05) is 23.7 Å². The third-order valence-corrected chi connectivity index (χ3v) is 4.16. The molecule has 2 aromatic rings. The molecule has 0 saturated carbocycles. The lowest BCUT2D eigenvalue weighted by Crippen LogP contribution is -2.29. The highest BCUT2D eigenvalue weighted by Crippen LogP contribution is 2.25. The molecule has 1 aromatic heterocycles. The Hall–Kier alpha value is -1.92. The summed E-state index contributed by atoms with van der Waals surface area (Å²) in [6.45, 7) is 1.38. The van der Waals surface area contributed by atoms with Crippen molar-refractivity contribution < 1.29 is 14.0 Å². The molecule has 0 aliphatic rings. The lowest BCUT2D eigenvalue weighted by atomic mass is 10.1. The van der Waals surface area contributed by atoms with Crippen molar-refractivity contribution in [3.63, 3.8) is 0 Å². The number of hydrogen-bond donors (Lipinski definition) is 2. The van der Waals surface area contributed by atoms with Crippen LogP contribution in [0.4, 0.5) is 10.1 Å². The summed E-state index contributed by atoms with van der Waals surface area (Å²) in [5, 5.41) is 6.99. The second-order valence-electron chi connectivity index (χ2n) is 4.62. The van der Waals surface area contributed by atoms with E-state index in [2.05, 4.69) is 10.6 Å². The molecule has 0 aliphatic carbocycles. The first kappa shape index (κ1) is 16.5. The molecule has 0 spiro atoms. The number of benzene rings is 1. The predicted octanol–water partition coefficient (Wildman–Crippen LogP) is 3.75. The summed E-state index contributed by atoms with van der Waals surface area (Å²) in [6.07, 6.45) is 0.00600. The summed E-state index contributed by atoms with van der Waals surface area (Å²) < 4.78 is 13.8. The number of amides is 2. The second-order valence-corrected chi connectivity index (χ2v) is 6.01. The minimum absolute atomic E-state index is 0.00600. The Morgan fingerprint density at radius 2 is 2.09 bits per heavy atom. The highest BCUT2D eigenvalue weighted by Gasteiger charge is 2.19. The first-order valence-corrected chi connectivity index (χ1v) is 7.77. The third-order valence-electron chi connectivity index (χ3n) is 2.88. The van der Waals surface area contributed by atoms with E-state index < -0.39 is 17.8 Å². The SMILES string of the molecule is CC(=O)N[C@H](CC(=O)Nc1cccc(Cl)c1F)c1cccs1. The van der Waals surface area contributed by atoms with Crippen LogP contribution in [0, 0.1) is 5.82 Å². The molecule has 0 aliphatic heterocycles. The molecule has 1 atom stereocenters. The van der Waals surface area contributed by atoms with Crippen molar-refractivity contribution >= 4 is 40.4 Å². The number of anilines is 1. The maximum Gasteiger partial charge on any atom is 0.226 e. The van der Waals surface area contributed by atoms with Crippen LogP contribution in [0.25, 0.3) is 0 Å². The van der Waals surface area contributed by atoms with Gasteiger partial charge in [0.25, 0.3) is 0 Å². The molecule has 2 N–H and O–H groups in total. The van der Waals surface area contributed by atoms with Crippen molar-refractivity contribution in [2.45, 2.75) is 19.4 Å². The van der Waals surface area contributed by atoms with Gasteiger partial charge in [0.05, 0.1) is 23.2 Å². The first-order valence-electron chi connectivity index (χ1n) is 6.51. The topological polar surface area (TPSA) is 58.2 Å². The molecule has 0 unspecified atom stereocenters. The molecule has 22 heavy (non-hydrogen) atoms. The smallest absolute Gasteiger partial charge is 0.226 e. The van der Waals surface area contributed by atoms with Crippen molar-refractivity contribution in [2.75, 3.05) is 5.32 Å². The van der Waals surface area contributed by atoms with Crippen molar-refractivity contribution in [1.82, 2.24) is 5.32 Å². The number of carbonyl (C=O) groups is 2. The number of hydrogen-bond acceptors (Lipinski definition) is 3. The van der Waals surface area contributed by atoms with Gasteiger partial charge >= 0.3 is 0 Å². The average molecular weight is 341 g/mol. The van der Waals surface area contributed by atoms with Gasteiger partial charge in [-0.05, 0) is 23.6 Å². The van der Waals surface area contributed by atoms with E-state index in [1.54, 1.807) is 6.07 Å². The van der Waals surface area contributed by atoms with E-state index >= 15 is 0 Å². The summed E-state index contributed by atoms with van der Waals surface area (Å²) in [5.74, 6) is -1.32. The standard InChI is InChI=1S/C15H14ClFN2O2S/c1-9(20)18-12(13-6-3-7-22-13)8-14(21)19-11-5-2-4-10(16)15(11)17/h2-7,12H,8H2,1H3,(H,18,20)(H,19,21)/t12-/m1/s1. The predicted molar refractivity (Wildman–Crippen MR) is 85.5 cm³/mol. The molecular formula is C15H14ClFN2O2S. The van der Waals surface area contributed by atoms with E-state index in [1.807, 2.05) is 17.5 Å². The summed E-state index contributed by atoms with van der Waals surface area (Å²) in [7, 11) is 0. The van der Waals surface area contributed by atoms with E-state index in [4.69, 9.17) is 11.6 Å². The fourth-order valence-corrected chi connectivity index (χ4v) is 2.90. The zero-order valence-corrected chi connectivity index (χ0v) is 13.3. The van der Waals surface area contributed by atoms with E-state index in [9.17, 15) is 14.0 Å². The third kappa shape index (κ3) is 4.29. The van der Waals surface area contributed by atoms with Crippen molar-refractivity contribution in [1.29, 1.82) is 0 Å². The number of carbonyl (C=O) groups excluding carboxylic acids is 2. The molecule has 1 aromatic carbocycles. The van der Waals surface area contributed by atoms with Crippen LogP contribution in [-0.4, -0.2) is 11.8 Å². The molecule has 2 amide bonds. The Morgan fingerprint density at radius 3 is 2.73 bits per heavy atom. The van der Waals surface area contributed by atoms with Crippen molar-refractivity contribution in [2.24, 2.45) is 0 Å². The monoisotopic (exact) mass is 340 g/mol. The van der Waals surface area contributed by atoms with Gasteiger partial charge in [0.2, 0.25) is 11.8 Å². The maximum atomic E-state index is 13.8. The second kappa shape index (κ2) is 7.38. The van der Waals surface area contributed by atoms with Crippen molar-refractivity contribution in [3.8, 4) is 0 Å². The van der Waals surface area contributed by atoms with Gasteiger partial charge in [-0.3, -0.25) is 9.59 Å². The molecule has 0 saturated heterocycles.